The van der Waals surface area contributed by atoms with Crippen LogP contribution in [-0.4, -0.2) is 11.7 Å². The lowest BCUT2D eigenvalue weighted by Gasteiger charge is -2.31. The van der Waals surface area contributed by atoms with Crippen molar-refractivity contribution < 1.29 is 14.3 Å². The summed E-state index contributed by atoms with van der Waals surface area (Å²) in [4.78, 5) is 11.8. The Labute approximate surface area is 104 Å². The van der Waals surface area contributed by atoms with E-state index in [-0.39, 0.29) is 12.2 Å². The summed E-state index contributed by atoms with van der Waals surface area (Å²) >= 11 is 0. The quantitative estimate of drug-likeness (QED) is 0.722. The van der Waals surface area contributed by atoms with Gasteiger partial charge in [-0.05, 0) is 26.3 Å². The number of aliphatic hydroxyl groups is 1. The van der Waals surface area contributed by atoms with Crippen molar-refractivity contribution in [2.24, 2.45) is 0 Å². The summed E-state index contributed by atoms with van der Waals surface area (Å²) in [5.41, 5.74) is 1.09. The first kappa shape index (κ1) is 11.3. The molecule has 0 amide bonds. The van der Waals surface area contributed by atoms with Gasteiger partial charge < -0.3 is 14.3 Å². The minimum atomic E-state index is -1.06. The van der Waals surface area contributed by atoms with Crippen LogP contribution in [0.25, 0.3) is 11.0 Å². The first-order valence-electron chi connectivity index (χ1n) is 5.84. The molecule has 1 aromatic heterocycles. The molecule has 1 N–H and O–H groups in total. The van der Waals surface area contributed by atoms with Crippen molar-refractivity contribution in [3.05, 3.63) is 39.2 Å². The van der Waals surface area contributed by atoms with Crippen LogP contribution in [0, 0.1) is 13.8 Å². The summed E-state index contributed by atoms with van der Waals surface area (Å²) in [7, 11) is 0. The predicted molar refractivity (Wildman–Crippen MR) is 67.0 cm³/mol. The van der Waals surface area contributed by atoms with Gasteiger partial charge in [0.05, 0.1) is 10.9 Å². The highest BCUT2D eigenvalue weighted by Gasteiger charge is 2.34. The maximum atomic E-state index is 11.8. The van der Waals surface area contributed by atoms with Crippen LogP contribution in [0.5, 0.6) is 5.75 Å². The van der Waals surface area contributed by atoms with Crippen LogP contribution >= 0.6 is 0 Å². The average Bonchev–Trinajstić information content (AvgIpc) is 2.30. The zero-order valence-corrected chi connectivity index (χ0v) is 10.5. The minimum absolute atomic E-state index is 0.141. The van der Waals surface area contributed by atoms with Crippen molar-refractivity contribution in [2.75, 3.05) is 6.61 Å². The van der Waals surface area contributed by atoms with Crippen LogP contribution in [0.4, 0.5) is 0 Å². The molecule has 0 saturated heterocycles. The highest BCUT2D eigenvalue weighted by molar-refractivity contribution is 5.91. The molecular weight excluding hydrogens is 232 g/mol. The van der Waals surface area contributed by atoms with Gasteiger partial charge in [-0.1, -0.05) is 12.1 Å². The third-order valence-corrected chi connectivity index (χ3v) is 3.50. The molecular formula is C14H14O4. The molecule has 0 aliphatic carbocycles. The van der Waals surface area contributed by atoms with E-state index >= 15 is 0 Å². The highest BCUT2D eigenvalue weighted by atomic mass is 16.5. The summed E-state index contributed by atoms with van der Waals surface area (Å²) in [5, 5.41) is 11.1. The fourth-order valence-corrected chi connectivity index (χ4v) is 2.41. The topological polar surface area (TPSA) is 59.7 Å². The summed E-state index contributed by atoms with van der Waals surface area (Å²) in [6.07, 6.45) is 0. The molecule has 0 spiro atoms. The number of aryl methyl sites for hydroxylation is 1. The molecule has 1 aliphatic rings. The predicted octanol–water partition coefficient (Wildman–Crippen LogP) is 2.01. The van der Waals surface area contributed by atoms with E-state index < -0.39 is 5.60 Å². The van der Waals surface area contributed by atoms with Crippen LogP contribution in [0.1, 0.15) is 23.6 Å². The van der Waals surface area contributed by atoms with Gasteiger partial charge in [-0.25, -0.2) is 4.79 Å². The summed E-state index contributed by atoms with van der Waals surface area (Å²) in [6.45, 7) is 5.38. The SMILES string of the molecule is Cc1c2c3c(ccc(C)c3oc1=O)C(C)(O)CO2. The Hall–Kier alpha value is -1.81. The van der Waals surface area contributed by atoms with E-state index in [2.05, 4.69) is 0 Å². The Bertz CT molecular complexity index is 710. The van der Waals surface area contributed by atoms with Gasteiger partial charge in [0.2, 0.25) is 0 Å². The molecule has 4 nitrogen and oxygen atoms in total. The Morgan fingerprint density at radius 1 is 1.33 bits per heavy atom. The van der Waals surface area contributed by atoms with Crippen molar-refractivity contribution in [3.63, 3.8) is 0 Å². The molecule has 1 atom stereocenters. The van der Waals surface area contributed by atoms with Gasteiger partial charge >= 0.3 is 5.63 Å². The number of rotatable bonds is 0. The maximum absolute atomic E-state index is 11.8. The molecule has 2 aromatic rings. The molecule has 1 aromatic carbocycles. The fraction of sp³-hybridized carbons (Fsp3) is 0.357. The zero-order valence-electron chi connectivity index (χ0n) is 10.5. The first-order valence-corrected chi connectivity index (χ1v) is 5.84. The molecule has 3 rings (SSSR count). The van der Waals surface area contributed by atoms with E-state index in [0.29, 0.717) is 22.3 Å². The molecule has 18 heavy (non-hydrogen) atoms. The summed E-state index contributed by atoms with van der Waals surface area (Å²) in [6, 6.07) is 3.71. The van der Waals surface area contributed by atoms with Gasteiger partial charge in [0.1, 0.15) is 23.5 Å². The van der Waals surface area contributed by atoms with Crippen LogP contribution < -0.4 is 10.4 Å². The lowest BCUT2D eigenvalue weighted by atomic mass is 9.89. The summed E-state index contributed by atoms with van der Waals surface area (Å²) < 4.78 is 10.9. The molecule has 2 heterocycles. The van der Waals surface area contributed by atoms with Gasteiger partial charge in [-0.15, -0.1) is 0 Å². The van der Waals surface area contributed by atoms with Crippen molar-refractivity contribution in [3.8, 4) is 5.75 Å². The number of benzene rings is 1. The minimum Gasteiger partial charge on any atom is -0.489 e. The molecule has 0 radical (unpaired) electrons. The van der Waals surface area contributed by atoms with E-state index in [0.717, 1.165) is 11.1 Å². The third-order valence-electron chi connectivity index (χ3n) is 3.50. The normalized spacial score (nSPS) is 22.0. The van der Waals surface area contributed by atoms with E-state index in [1.165, 1.54) is 0 Å². The smallest absolute Gasteiger partial charge is 0.342 e. The molecule has 0 fully saturated rings. The van der Waals surface area contributed by atoms with Crippen molar-refractivity contribution in [1.29, 1.82) is 0 Å². The largest absolute Gasteiger partial charge is 0.489 e. The second-order valence-electron chi connectivity index (χ2n) is 5.04. The van der Waals surface area contributed by atoms with Gasteiger partial charge in [0.25, 0.3) is 0 Å². The van der Waals surface area contributed by atoms with Gasteiger partial charge in [-0.3, -0.25) is 0 Å². The molecule has 1 unspecified atom stereocenters. The van der Waals surface area contributed by atoms with E-state index in [4.69, 9.17) is 9.15 Å². The molecule has 0 saturated carbocycles. The van der Waals surface area contributed by atoms with E-state index in [9.17, 15) is 9.90 Å². The van der Waals surface area contributed by atoms with Gasteiger partial charge in [-0.2, -0.15) is 0 Å². The fourth-order valence-electron chi connectivity index (χ4n) is 2.41. The lowest BCUT2D eigenvalue weighted by molar-refractivity contribution is 0.00315. The molecule has 1 aliphatic heterocycles. The van der Waals surface area contributed by atoms with Crippen LogP contribution in [0.3, 0.4) is 0 Å². The van der Waals surface area contributed by atoms with Crippen LogP contribution in [-0.2, 0) is 5.60 Å². The number of hydrogen-bond donors (Lipinski definition) is 1. The van der Waals surface area contributed by atoms with Crippen molar-refractivity contribution >= 4 is 11.0 Å². The lowest BCUT2D eigenvalue weighted by Crippen LogP contribution is -2.33. The highest BCUT2D eigenvalue weighted by Crippen LogP contribution is 2.41. The Morgan fingerprint density at radius 3 is 2.78 bits per heavy atom. The van der Waals surface area contributed by atoms with E-state index in [1.54, 1.807) is 13.8 Å². The molecule has 94 valence electrons. The standard InChI is InChI=1S/C14H14O4/c1-7-4-5-9-10-11(7)18-13(15)8(2)12(10)17-6-14(9,3)16/h4-5,16H,6H2,1-3H3. The van der Waals surface area contributed by atoms with Crippen molar-refractivity contribution in [1.82, 2.24) is 0 Å². The number of hydrogen-bond acceptors (Lipinski definition) is 4. The second kappa shape index (κ2) is 3.36. The maximum Gasteiger partial charge on any atom is 0.342 e. The van der Waals surface area contributed by atoms with Gasteiger partial charge in [0.15, 0.2) is 0 Å². The van der Waals surface area contributed by atoms with Crippen molar-refractivity contribution in [2.45, 2.75) is 26.4 Å². The van der Waals surface area contributed by atoms with Crippen LogP contribution in [0.2, 0.25) is 0 Å². The Kier molecular flexibility index (Phi) is 2.10. The zero-order chi connectivity index (χ0) is 13.1. The van der Waals surface area contributed by atoms with E-state index in [1.807, 2.05) is 19.1 Å². The summed E-state index contributed by atoms with van der Waals surface area (Å²) in [5.74, 6) is 0.534. The third kappa shape index (κ3) is 1.32. The number of ether oxygens (including phenoxy) is 1. The molecule has 0 bridgehead atoms. The Morgan fingerprint density at radius 2 is 2.06 bits per heavy atom. The van der Waals surface area contributed by atoms with Crippen LogP contribution in [0.15, 0.2) is 21.3 Å². The second-order valence-corrected chi connectivity index (χ2v) is 5.04. The monoisotopic (exact) mass is 246 g/mol. The average molecular weight is 246 g/mol. The Balaban J connectivity index is 2.58. The van der Waals surface area contributed by atoms with Gasteiger partial charge in [0, 0.05) is 5.56 Å². The first-order chi connectivity index (χ1) is 8.42. The molecule has 4 heteroatoms.